The van der Waals surface area contributed by atoms with E-state index in [0.29, 0.717) is 6.54 Å². The molecular formula is C16H24BrNO2. The second-order valence-corrected chi connectivity index (χ2v) is 6.80. The van der Waals surface area contributed by atoms with Crippen LogP contribution < -0.4 is 0 Å². The molecular weight excluding hydrogens is 318 g/mol. The maximum atomic E-state index is 10.3. The number of hydrogen-bond acceptors (Lipinski definition) is 3. The Bertz CT molecular complexity index is 407. The summed E-state index contributed by atoms with van der Waals surface area (Å²) in [6, 6.07) is 7.84. The zero-order valence-corrected chi connectivity index (χ0v) is 13.6. The van der Waals surface area contributed by atoms with Gasteiger partial charge < -0.3 is 15.1 Å². The minimum Gasteiger partial charge on any atom is -0.396 e. The van der Waals surface area contributed by atoms with E-state index in [9.17, 15) is 10.2 Å². The second-order valence-electron chi connectivity index (χ2n) is 5.88. The quantitative estimate of drug-likeness (QED) is 0.865. The molecule has 3 nitrogen and oxygen atoms in total. The molecule has 1 aliphatic rings. The number of piperidine rings is 1. The number of aliphatic hydroxyl groups is 2. The summed E-state index contributed by atoms with van der Waals surface area (Å²) < 4.78 is 1.03. The Morgan fingerprint density at radius 1 is 1.25 bits per heavy atom. The lowest BCUT2D eigenvalue weighted by Crippen LogP contribution is -2.43. The number of likely N-dealkylation sites (tertiary alicyclic amines) is 1. The van der Waals surface area contributed by atoms with Gasteiger partial charge in [-0.05, 0) is 55.5 Å². The summed E-state index contributed by atoms with van der Waals surface area (Å²) in [5.41, 5.74) is 1.07. The highest BCUT2D eigenvalue weighted by atomic mass is 79.9. The number of benzene rings is 1. The zero-order valence-electron chi connectivity index (χ0n) is 12.1. The Kier molecular flexibility index (Phi) is 5.61. The third-order valence-corrected chi connectivity index (χ3v) is 5.22. The normalized spacial score (nSPS) is 20.8. The Labute approximate surface area is 129 Å². The molecule has 20 heavy (non-hydrogen) atoms. The van der Waals surface area contributed by atoms with Crippen LogP contribution >= 0.6 is 15.9 Å². The lowest BCUT2D eigenvalue weighted by atomic mass is 9.77. The van der Waals surface area contributed by atoms with Gasteiger partial charge >= 0.3 is 0 Å². The highest BCUT2D eigenvalue weighted by Gasteiger charge is 2.32. The fourth-order valence-electron chi connectivity index (χ4n) is 2.87. The predicted molar refractivity (Wildman–Crippen MR) is 84.6 cm³/mol. The third kappa shape index (κ3) is 3.82. The molecule has 0 bridgehead atoms. The molecule has 112 valence electrons. The summed E-state index contributed by atoms with van der Waals surface area (Å²) in [5.74, 6) is 0. The molecule has 1 heterocycles. The van der Waals surface area contributed by atoms with Gasteiger partial charge in [0, 0.05) is 17.6 Å². The van der Waals surface area contributed by atoms with Gasteiger partial charge in [0.2, 0.25) is 0 Å². The molecule has 0 spiro atoms. The van der Waals surface area contributed by atoms with Crippen LogP contribution in [0.1, 0.15) is 37.9 Å². The van der Waals surface area contributed by atoms with Crippen molar-refractivity contribution in [3.05, 3.63) is 34.3 Å². The Balaban J connectivity index is 1.87. The topological polar surface area (TPSA) is 43.7 Å². The number of β-amino-alcohol motifs (C(OH)–C–C–N with tert-alkyl or cyclic N) is 1. The van der Waals surface area contributed by atoms with Crippen molar-refractivity contribution in [2.45, 2.75) is 32.3 Å². The van der Waals surface area contributed by atoms with E-state index in [-0.39, 0.29) is 12.0 Å². The minimum absolute atomic E-state index is 0.110. The van der Waals surface area contributed by atoms with Gasteiger partial charge in [-0.25, -0.2) is 0 Å². The Hall–Kier alpha value is -0.420. The summed E-state index contributed by atoms with van der Waals surface area (Å²) in [7, 11) is 0. The first-order valence-corrected chi connectivity index (χ1v) is 8.14. The van der Waals surface area contributed by atoms with Crippen molar-refractivity contribution in [1.82, 2.24) is 4.90 Å². The van der Waals surface area contributed by atoms with Crippen LogP contribution in [0.15, 0.2) is 28.7 Å². The second kappa shape index (κ2) is 7.03. The highest BCUT2D eigenvalue weighted by Crippen LogP contribution is 2.34. The summed E-state index contributed by atoms with van der Waals surface area (Å²) in [5, 5.41) is 19.8. The monoisotopic (exact) mass is 341 g/mol. The molecule has 1 aliphatic heterocycles. The minimum atomic E-state index is -0.439. The zero-order chi connectivity index (χ0) is 14.6. The number of rotatable bonds is 5. The molecule has 1 saturated heterocycles. The van der Waals surface area contributed by atoms with Crippen LogP contribution in [-0.4, -0.2) is 41.4 Å². The van der Waals surface area contributed by atoms with Gasteiger partial charge in [0.1, 0.15) is 0 Å². The molecule has 1 fully saturated rings. The molecule has 0 aromatic heterocycles. The lowest BCUT2D eigenvalue weighted by Gasteiger charge is -2.40. The van der Waals surface area contributed by atoms with Gasteiger partial charge in [0.25, 0.3) is 0 Å². The standard InChI is InChI=1S/C16H24BrNO2/c1-2-16(12-19)7-9-18(10-8-16)11-15(20)13-3-5-14(17)6-4-13/h3-6,15,19-20H,2,7-12H2,1H3. The average Bonchev–Trinajstić information content (AvgIpc) is 2.49. The Morgan fingerprint density at radius 3 is 2.35 bits per heavy atom. The molecule has 0 saturated carbocycles. The third-order valence-electron chi connectivity index (χ3n) is 4.69. The average molecular weight is 342 g/mol. The van der Waals surface area contributed by atoms with Crippen LogP contribution in [0.2, 0.25) is 0 Å². The molecule has 2 N–H and O–H groups in total. The molecule has 1 unspecified atom stereocenters. The van der Waals surface area contributed by atoms with Gasteiger partial charge in [-0.1, -0.05) is 35.0 Å². The number of hydrogen-bond donors (Lipinski definition) is 2. The molecule has 0 radical (unpaired) electrons. The van der Waals surface area contributed by atoms with E-state index in [0.717, 1.165) is 42.4 Å². The van der Waals surface area contributed by atoms with Crippen molar-refractivity contribution in [3.8, 4) is 0 Å². The number of aliphatic hydroxyl groups excluding tert-OH is 2. The van der Waals surface area contributed by atoms with Crippen LogP contribution in [0.25, 0.3) is 0 Å². The van der Waals surface area contributed by atoms with Crippen molar-refractivity contribution in [2.75, 3.05) is 26.2 Å². The van der Waals surface area contributed by atoms with Crippen LogP contribution in [0.4, 0.5) is 0 Å². The number of halogens is 1. The Morgan fingerprint density at radius 2 is 1.85 bits per heavy atom. The molecule has 0 aliphatic carbocycles. The first kappa shape index (κ1) is 16.0. The van der Waals surface area contributed by atoms with Crippen molar-refractivity contribution < 1.29 is 10.2 Å². The lowest BCUT2D eigenvalue weighted by molar-refractivity contribution is 0.0215. The summed E-state index contributed by atoms with van der Waals surface area (Å²) in [6.45, 7) is 5.03. The van der Waals surface area contributed by atoms with Gasteiger partial charge in [0.15, 0.2) is 0 Å². The molecule has 1 aromatic rings. The highest BCUT2D eigenvalue weighted by molar-refractivity contribution is 9.10. The van der Waals surface area contributed by atoms with E-state index in [4.69, 9.17) is 0 Å². The van der Waals surface area contributed by atoms with E-state index in [1.165, 1.54) is 0 Å². The maximum Gasteiger partial charge on any atom is 0.0916 e. The van der Waals surface area contributed by atoms with Gasteiger partial charge in [-0.2, -0.15) is 0 Å². The first-order valence-electron chi connectivity index (χ1n) is 7.35. The van der Waals surface area contributed by atoms with E-state index in [2.05, 4.69) is 27.8 Å². The fraction of sp³-hybridized carbons (Fsp3) is 0.625. The van der Waals surface area contributed by atoms with Crippen LogP contribution in [-0.2, 0) is 0 Å². The predicted octanol–water partition coefficient (Wildman–Crippen LogP) is 2.97. The fourth-order valence-corrected chi connectivity index (χ4v) is 3.13. The SMILES string of the molecule is CCC1(CO)CCN(CC(O)c2ccc(Br)cc2)CC1. The molecule has 2 rings (SSSR count). The molecule has 4 heteroatoms. The van der Waals surface area contributed by atoms with E-state index < -0.39 is 6.10 Å². The largest absolute Gasteiger partial charge is 0.396 e. The van der Waals surface area contributed by atoms with Crippen LogP contribution in [0, 0.1) is 5.41 Å². The first-order chi connectivity index (χ1) is 9.58. The smallest absolute Gasteiger partial charge is 0.0916 e. The van der Waals surface area contributed by atoms with Gasteiger partial charge in [-0.3, -0.25) is 0 Å². The van der Waals surface area contributed by atoms with E-state index in [1.807, 2.05) is 24.3 Å². The summed E-state index contributed by atoms with van der Waals surface area (Å²) >= 11 is 3.41. The summed E-state index contributed by atoms with van der Waals surface area (Å²) in [4.78, 5) is 2.30. The molecule has 0 amide bonds. The number of nitrogens with zero attached hydrogens (tertiary/aromatic N) is 1. The van der Waals surface area contributed by atoms with E-state index in [1.54, 1.807) is 0 Å². The van der Waals surface area contributed by atoms with Crippen LogP contribution in [0.3, 0.4) is 0 Å². The summed E-state index contributed by atoms with van der Waals surface area (Å²) in [6.07, 6.45) is 2.64. The molecule has 1 atom stereocenters. The van der Waals surface area contributed by atoms with Crippen molar-refractivity contribution >= 4 is 15.9 Å². The molecule has 1 aromatic carbocycles. The van der Waals surface area contributed by atoms with Crippen molar-refractivity contribution in [1.29, 1.82) is 0 Å². The maximum absolute atomic E-state index is 10.3. The van der Waals surface area contributed by atoms with Crippen LogP contribution in [0.5, 0.6) is 0 Å². The van der Waals surface area contributed by atoms with Gasteiger partial charge in [-0.15, -0.1) is 0 Å². The van der Waals surface area contributed by atoms with Gasteiger partial charge in [0.05, 0.1) is 6.10 Å². The van der Waals surface area contributed by atoms with Crippen molar-refractivity contribution in [3.63, 3.8) is 0 Å². The van der Waals surface area contributed by atoms with E-state index >= 15 is 0 Å². The van der Waals surface area contributed by atoms with Crippen molar-refractivity contribution in [2.24, 2.45) is 5.41 Å².